The molecule has 4 heteroatoms. The van der Waals surface area contributed by atoms with Crippen molar-refractivity contribution in [1.82, 2.24) is 0 Å². The predicted octanol–water partition coefficient (Wildman–Crippen LogP) is 18.0. The molecule has 2 aliphatic heterocycles. The molecule has 8 aromatic rings. The molecule has 0 aromatic heterocycles. The normalized spacial score (nSPS) is 13.7. The summed E-state index contributed by atoms with van der Waals surface area (Å²) in [6, 6.07) is 63.9. The van der Waals surface area contributed by atoms with Crippen LogP contribution in [0.15, 0.2) is 164 Å². The number of anilines is 9. The number of hydrogen-bond acceptors (Lipinski definition) is 3. The van der Waals surface area contributed by atoms with Crippen molar-refractivity contribution in [3.05, 3.63) is 203 Å². The summed E-state index contributed by atoms with van der Waals surface area (Å²) in [4.78, 5) is 7.69. The van der Waals surface area contributed by atoms with Crippen molar-refractivity contribution < 1.29 is 0 Å². The standard InChI is InChI=1S/C70H78BN3/c1-45-18-31-53(32-19-45)72(54-33-20-46(2)21-34-54)56-43-63-65-64(44-56)74(60-37-28-50(68(9,10)11)40-57(60)47-22-24-48(25-23-47)66(3,4)5)62-39-30-52(70(15,16)17)42-59(62)71(65)58-41-51(69(12,13)14)29-38-61(58)73(63)55-35-26-49(27-36-55)67(6,7)8/h18-44H,1-17H3. The second-order valence-electron chi connectivity index (χ2n) is 26.7. The van der Waals surface area contributed by atoms with E-state index in [0.29, 0.717) is 0 Å². The summed E-state index contributed by atoms with van der Waals surface area (Å²) in [6.07, 6.45) is 0. The van der Waals surface area contributed by atoms with Gasteiger partial charge in [-0.25, -0.2) is 0 Å². The first kappa shape index (κ1) is 50.7. The van der Waals surface area contributed by atoms with E-state index in [9.17, 15) is 0 Å². The zero-order chi connectivity index (χ0) is 53.0. The first-order valence-corrected chi connectivity index (χ1v) is 27.0. The molecule has 74 heavy (non-hydrogen) atoms. The second kappa shape index (κ2) is 18.0. The number of aryl methyl sites for hydroxylation is 2. The van der Waals surface area contributed by atoms with Gasteiger partial charge in [-0.15, -0.1) is 0 Å². The quantitative estimate of drug-likeness (QED) is 0.154. The van der Waals surface area contributed by atoms with E-state index >= 15 is 0 Å². The van der Waals surface area contributed by atoms with E-state index in [-0.39, 0.29) is 33.8 Å². The van der Waals surface area contributed by atoms with Crippen molar-refractivity contribution >= 4 is 74.3 Å². The maximum absolute atomic E-state index is 2.64. The van der Waals surface area contributed by atoms with Crippen LogP contribution in [0.5, 0.6) is 0 Å². The van der Waals surface area contributed by atoms with Crippen LogP contribution < -0.4 is 31.1 Å². The second-order valence-corrected chi connectivity index (χ2v) is 26.7. The highest BCUT2D eigenvalue weighted by Crippen LogP contribution is 2.51. The lowest BCUT2D eigenvalue weighted by molar-refractivity contribution is 0.590. The summed E-state index contributed by atoms with van der Waals surface area (Å²) in [7, 11) is 0. The first-order valence-electron chi connectivity index (χ1n) is 27.0. The van der Waals surface area contributed by atoms with E-state index in [1.807, 2.05) is 0 Å². The van der Waals surface area contributed by atoms with Crippen molar-refractivity contribution in [1.29, 1.82) is 0 Å². The molecule has 0 aliphatic carbocycles. The molecular formula is C70H78BN3. The molecule has 2 heterocycles. The SMILES string of the molecule is Cc1ccc(N(c2ccc(C)cc2)c2cc3c4c(c2)N(c2ccc(C(C)(C)C)cc2-c2ccc(C(C)(C)C)cc2)c2ccc(C(C)(C)C)cc2B4c2cc(C(C)(C)C)ccc2N3c2ccc(C(C)(C)C)cc2)cc1. The van der Waals surface area contributed by atoms with E-state index in [2.05, 4.69) is 296 Å². The van der Waals surface area contributed by atoms with Crippen molar-refractivity contribution in [2.24, 2.45) is 0 Å². The van der Waals surface area contributed by atoms with Gasteiger partial charge in [-0.2, -0.15) is 0 Å². The molecule has 0 atom stereocenters. The third-order valence-corrected chi connectivity index (χ3v) is 15.8. The van der Waals surface area contributed by atoms with Gasteiger partial charge in [0, 0.05) is 45.4 Å². The van der Waals surface area contributed by atoms with Gasteiger partial charge in [0.1, 0.15) is 0 Å². The predicted molar refractivity (Wildman–Crippen MR) is 324 cm³/mol. The minimum absolute atomic E-state index is 0.00891. The van der Waals surface area contributed by atoms with Crippen LogP contribution >= 0.6 is 0 Å². The molecule has 0 unspecified atom stereocenters. The Labute approximate surface area is 445 Å². The van der Waals surface area contributed by atoms with Crippen molar-refractivity contribution in [2.75, 3.05) is 14.7 Å². The molecule has 0 bridgehead atoms. The van der Waals surface area contributed by atoms with E-state index in [1.165, 1.54) is 89.2 Å². The maximum atomic E-state index is 2.64. The molecule has 3 nitrogen and oxygen atoms in total. The molecule has 0 saturated carbocycles. The topological polar surface area (TPSA) is 9.72 Å². The van der Waals surface area contributed by atoms with Crippen LogP contribution in [-0.4, -0.2) is 6.71 Å². The van der Waals surface area contributed by atoms with Gasteiger partial charge in [0.15, 0.2) is 0 Å². The Morgan fingerprint density at radius 3 is 1.12 bits per heavy atom. The van der Waals surface area contributed by atoms with Crippen LogP contribution in [0.3, 0.4) is 0 Å². The van der Waals surface area contributed by atoms with E-state index in [1.54, 1.807) is 0 Å². The van der Waals surface area contributed by atoms with Crippen molar-refractivity contribution in [3.8, 4) is 11.1 Å². The van der Waals surface area contributed by atoms with Gasteiger partial charge in [-0.05, 0) is 163 Å². The highest BCUT2D eigenvalue weighted by Gasteiger charge is 2.45. The van der Waals surface area contributed by atoms with E-state index < -0.39 is 0 Å². The average molecular weight is 972 g/mol. The van der Waals surface area contributed by atoms with Crippen molar-refractivity contribution in [3.63, 3.8) is 0 Å². The minimum Gasteiger partial charge on any atom is -0.311 e. The Balaban J connectivity index is 1.38. The Morgan fingerprint density at radius 2 is 0.689 bits per heavy atom. The summed E-state index contributed by atoms with van der Waals surface area (Å²) in [6.45, 7) is 39.2. The van der Waals surface area contributed by atoms with Gasteiger partial charge in [0.25, 0.3) is 6.71 Å². The fraction of sp³-hybridized carbons (Fsp3) is 0.314. The molecule has 0 saturated heterocycles. The number of nitrogens with zero attached hydrogens (tertiary/aromatic N) is 3. The molecule has 0 fully saturated rings. The Kier molecular flexibility index (Phi) is 12.3. The Morgan fingerprint density at radius 1 is 0.324 bits per heavy atom. The van der Waals surface area contributed by atoms with Gasteiger partial charge >= 0.3 is 0 Å². The molecule has 10 rings (SSSR count). The van der Waals surface area contributed by atoms with Gasteiger partial charge in [-0.3, -0.25) is 0 Å². The summed E-state index contributed by atoms with van der Waals surface area (Å²) in [5, 5.41) is 0. The highest BCUT2D eigenvalue weighted by molar-refractivity contribution is 7.00. The molecule has 0 N–H and O–H groups in total. The van der Waals surface area contributed by atoms with Gasteiger partial charge in [0.05, 0.1) is 11.4 Å². The van der Waals surface area contributed by atoms with Gasteiger partial charge < -0.3 is 14.7 Å². The molecule has 2 aliphatic rings. The number of rotatable bonds is 6. The van der Waals surface area contributed by atoms with Gasteiger partial charge in [-0.1, -0.05) is 206 Å². The number of hydrogen-bond donors (Lipinski definition) is 0. The Bertz CT molecular complexity index is 3350. The average Bonchev–Trinajstić information content (AvgIpc) is 3.34. The summed E-state index contributed by atoms with van der Waals surface area (Å²) >= 11 is 0. The third kappa shape index (κ3) is 9.28. The lowest BCUT2D eigenvalue weighted by atomic mass is 9.33. The molecule has 0 amide bonds. The smallest absolute Gasteiger partial charge is 0.252 e. The molecule has 376 valence electrons. The molecule has 0 radical (unpaired) electrons. The number of fused-ring (bicyclic) bond motifs is 4. The summed E-state index contributed by atoms with van der Waals surface area (Å²) in [5.41, 5.74) is 25.8. The monoisotopic (exact) mass is 972 g/mol. The van der Waals surface area contributed by atoms with E-state index in [4.69, 9.17) is 0 Å². The maximum Gasteiger partial charge on any atom is 0.252 e. The molecule has 8 aromatic carbocycles. The fourth-order valence-corrected chi connectivity index (χ4v) is 11.1. The zero-order valence-corrected chi connectivity index (χ0v) is 47.5. The number of benzene rings is 8. The van der Waals surface area contributed by atoms with Crippen LogP contribution in [-0.2, 0) is 27.1 Å². The largest absolute Gasteiger partial charge is 0.311 e. The minimum atomic E-state index is -0.0741. The highest BCUT2D eigenvalue weighted by atomic mass is 15.2. The lowest BCUT2D eigenvalue weighted by Gasteiger charge is -2.46. The molecule has 0 spiro atoms. The summed E-state index contributed by atoms with van der Waals surface area (Å²) < 4.78 is 0. The molecular weight excluding hydrogens is 894 g/mol. The van der Waals surface area contributed by atoms with Crippen LogP contribution in [0, 0.1) is 13.8 Å². The van der Waals surface area contributed by atoms with Crippen LogP contribution in [0.2, 0.25) is 0 Å². The Hall–Kier alpha value is -6.78. The van der Waals surface area contributed by atoms with Crippen molar-refractivity contribution in [2.45, 2.75) is 145 Å². The van der Waals surface area contributed by atoms with E-state index in [0.717, 1.165) is 28.4 Å². The fourth-order valence-electron chi connectivity index (χ4n) is 11.1. The van der Waals surface area contributed by atoms with Crippen LogP contribution in [0.4, 0.5) is 51.2 Å². The van der Waals surface area contributed by atoms with Crippen LogP contribution in [0.25, 0.3) is 11.1 Å². The summed E-state index contributed by atoms with van der Waals surface area (Å²) in [5.74, 6) is 0. The van der Waals surface area contributed by atoms with Gasteiger partial charge in [0.2, 0.25) is 0 Å². The van der Waals surface area contributed by atoms with Crippen LogP contribution in [0.1, 0.15) is 143 Å². The first-order chi connectivity index (χ1) is 34.7. The third-order valence-electron chi connectivity index (χ3n) is 15.8. The zero-order valence-electron chi connectivity index (χ0n) is 47.5. The lowest BCUT2D eigenvalue weighted by Crippen LogP contribution is -2.61.